The second kappa shape index (κ2) is 5.14. The van der Waals surface area contributed by atoms with Crippen LogP contribution in [0.3, 0.4) is 0 Å². The Kier molecular flexibility index (Phi) is 3.50. The van der Waals surface area contributed by atoms with Gasteiger partial charge in [-0.2, -0.15) is 0 Å². The molecular formula is C16H23NO2. The molecule has 2 aliphatic heterocycles. The highest BCUT2D eigenvalue weighted by Gasteiger charge is 2.42. The maximum Gasteiger partial charge on any atom is 0.121 e. The van der Waals surface area contributed by atoms with E-state index in [9.17, 15) is 0 Å². The molecule has 19 heavy (non-hydrogen) atoms. The van der Waals surface area contributed by atoms with Crippen LogP contribution in [-0.4, -0.2) is 33.4 Å². The van der Waals surface area contributed by atoms with Crippen LogP contribution in [-0.2, 0) is 10.2 Å². The Bertz CT molecular complexity index is 448. The standard InChI is InChI=1S/C16H23NO2/c1-12-7-14(3-4-15(12)18-2)16(10-19-11-16)8-13-5-6-17-9-13/h3-4,7,13,17H,5-6,8-11H2,1-2H3. The molecule has 0 amide bonds. The molecule has 2 heterocycles. The summed E-state index contributed by atoms with van der Waals surface area (Å²) in [4.78, 5) is 0. The van der Waals surface area contributed by atoms with Crippen molar-refractivity contribution >= 4 is 0 Å². The van der Waals surface area contributed by atoms with Gasteiger partial charge in [-0.25, -0.2) is 0 Å². The van der Waals surface area contributed by atoms with Gasteiger partial charge in [0.15, 0.2) is 0 Å². The van der Waals surface area contributed by atoms with Gasteiger partial charge in [-0.1, -0.05) is 12.1 Å². The first-order valence-corrected chi connectivity index (χ1v) is 7.17. The maximum atomic E-state index is 5.55. The zero-order valence-electron chi connectivity index (χ0n) is 11.9. The van der Waals surface area contributed by atoms with E-state index in [-0.39, 0.29) is 5.41 Å². The van der Waals surface area contributed by atoms with E-state index in [0.29, 0.717) is 0 Å². The van der Waals surface area contributed by atoms with Gasteiger partial charge in [0, 0.05) is 5.41 Å². The summed E-state index contributed by atoms with van der Waals surface area (Å²) < 4.78 is 10.9. The molecule has 1 aromatic carbocycles. The largest absolute Gasteiger partial charge is 0.496 e. The van der Waals surface area contributed by atoms with Crippen molar-refractivity contribution in [3.8, 4) is 5.75 Å². The van der Waals surface area contributed by atoms with Crippen LogP contribution >= 0.6 is 0 Å². The van der Waals surface area contributed by atoms with Crippen molar-refractivity contribution in [3.05, 3.63) is 29.3 Å². The van der Waals surface area contributed by atoms with Crippen LogP contribution in [0.2, 0.25) is 0 Å². The minimum absolute atomic E-state index is 0.244. The smallest absolute Gasteiger partial charge is 0.121 e. The molecule has 0 aliphatic carbocycles. The molecule has 3 rings (SSSR count). The van der Waals surface area contributed by atoms with E-state index >= 15 is 0 Å². The van der Waals surface area contributed by atoms with Crippen LogP contribution in [0.4, 0.5) is 0 Å². The molecule has 2 saturated heterocycles. The number of hydrogen-bond acceptors (Lipinski definition) is 3. The van der Waals surface area contributed by atoms with Crippen LogP contribution in [0.5, 0.6) is 5.75 Å². The topological polar surface area (TPSA) is 30.5 Å². The summed E-state index contributed by atoms with van der Waals surface area (Å²) in [6, 6.07) is 6.60. The van der Waals surface area contributed by atoms with Gasteiger partial charge < -0.3 is 14.8 Å². The monoisotopic (exact) mass is 261 g/mol. The lowest BCUT2D eigenvalue weighted by Crippen LogP contribution is -2.48. The zero-order valence-corrected chi connectivity index (χ0v) is 11.9. The quantitative estimate of drug-likeness (QED) is 0.902. The first-order chi connectivity index (χ1) is 9.23. The van der Waals surface area contributed by atoms with Crippen molar-refractivity contribution in [1.82, 2.24) is 5.32 Å². The highest BCUT2D eigenvalue weighted by molar-refractivity contribution is 5.40. The number of rotatable bonds is 4. The predicted molar refractivity (Wildman–Crippen MR) is 75.8 cm³/mol. The van der Waals surface area contributed by atoms with Gasteiger partial charge in [-0.3, -0.25) is 0 Å². The fourth-order valence-corrected chi connectivity index (χ4v) is 3.40. The molecule has 0 saturated carbocycles. The van der Waals surface area contributed by atoms with Gasteiger partial charge >= 0.3 is 0 Å². The minimum Gasteiger partial charge on any atom is -0.496 e. The SMILES string of the molecule is COc1ccc(C2(CC3CCNC3)COC2)cc1C. The van der Waals surface area contributed by atoms with Gasteiger partial charge in [0.05, 0.1) is 20.3 Å². The second-order valence-electron chi connectivity index (χ2n) is 6.02. The van der Waals surface area contributed by atoms with E-state index in [4.69, 9.17) is 9.47 Å². The van der Waals surface area contributed by atoms with Crippen LogP contribution in [0.1, 0.15) is 24.0 Å². The molecular weight excluding hydrogens is 238 g/mol. The third-order valence-corrected chi connectivity index (χ3v) is 4.61. The van der Waals surface area contributed by atoms with Crippen LogP contribution < -0.4 is 10.1 Å². The van der Waals surface area contributed by atoms with Crippen LogP contribution in [0.25, 0.3) is 0 Å². The Morgan fingerprint density at radius 3 is 2.79 bits per heavy atom. The lowest BCUT2D eigenvalue weighted by Gasteiger charge is -2.44. The minimum atomic E-state index is 0.244. The van der Waals surface area contributed by atoms with Crippen molar-refractivity contribution in [2.75, 3.05) is 33.4 Å². The predicted octanol–water partition coefficient (Wildman–Crippen LogP) is 2.27. The Morgan fingerprint density at radius 2 is 2.26 bits per heavy atom. The Morgan fingerprint density at radius 1 is 1.42 bits per heavy atom. The van der Waals surface area contributed by atoms with Gasteiger partial charge in [-0.05, 0) is 56.0 Å². The summed E-state index contributed by atoms with van der Waals surface area (Å²) in [5.74, 6) is 1.77. The average Bonchev–Trinajstić information content (AvgIpc) is 2.86. The fourth-order valence-electron chi connectivity index (χ4n) is 3.40. The summed E-state index contributed by atoms with van der Waals surface area (Å²) in [6.45, 7) is 6.19. The molecule has 3 heteroatoms. The first-order valence-electron chi connectivity index (χ1n) is 7.17. The number of aryl methyl sites for hydroxylation is 1. The average molecular weight is 261 g/mol. The molecule has 0 aromatic heterocycles. The summed E-state index contributed by atoms with van der Waals surface area (Å²) in [7, 11) is 1.73. The van der Waals surface area contributed by atoms with E-state index in [1.54, 1.807) is 7.11 Å². The summed E-state index contributed by atoms with van der Waals surface area (Å²) in [5.41, 5.74) is 2.88. The van der Waals surface area contributed by atoms with Gasteiger partial charge in [-0.15, -0.1) is 0 Å². The molecule has 1 atom stereocenters. The second-order valence-corrected chi connectivity index (χ2v) is 6.02. The third-order valence-electron chi connectivity index (χ3n) is 4.61. The molecule has 2 aliphatic rings. The number of methoxy groups -OCH3 is 1. The Balaban J connectivity index is 1.82. The Labute approximate surface area is 115 Å². The molecule has 104 valence electrons. The van der Waals surface area contributed by atoms with E-state index in [2.05, 4.69) is 30.4 Å². The lowest BCUT2D eigenvalue weighted by atomic mass is 9.71. The number of nitrogens with one attached hydrogen (secondary N) is 1. The third kappa shape index (κ3) is 2.37. The number of ether oxygens (including phenoxy) is 2. The van der Waals surface area contributed by atoms with E-state index in [0.717, 1.165) is 31.4 Å². The van der Waals surface area contributed by atoms with E-state index in [1.165, 1.54) is 30.5 Å². The highest BCUT2D eigenvalue weighted by atomic mass is 16.5. The zero-order chi connectivity index (χ0) is 13.3. The Hall–Kier alpha value is -1.06. The van der Waals surface area contributed by atoms with Gasteiger partial charge in [0.25, 0.3) is 0 Å². The van der Waals surface area contributed by atoms with Crippen molar-refractivity contribution in [2.45, 2.75) is 25.2 Å². The number of benzene rings is 1. The van der Waals surface area contributed by atoms with Crippen LogP contribution in [0, 0.1) is 12.8 Å². The molecule has 1 N–H and O–H groups in total. The molecule has 0 radical (unpaired) electrons. The normalized spacial score (nSPS) is 25.1. The van der Waals surface area contributed by atoms with Crippen molar-refractivity contribution in [2.24, 2.45) is 5.92 Å². The molecule has 3 nitrogen and oxygen atoms in total. The summed E-state index contributed by atoms with van der Waals surface area (Å²) in [5, 5.41) is 3.46. The fraction of sp³-hybridized carbons (Fsp3) is 0.625. The van der Waals surface area contributed by atoms with Crippen molar-refractivity contribution in [3.63, 3.8) is 0 Å². The number of hydrogen-bond donors (Lipinski definition) is 1. The molecule has 0 spiro atoms. The van der Waals surface area contributed by atoms with Gasteiger partial charge in [0.2, 0.25) is 0 Å². The van der Waals surface area contributed by atoms with Crippen molar-refractivity contribution < 1.29 is 9.47 Å². The molecule has 0 bridgehead atoms. The van der Waals surface area contributed by atoms with Gasteiger partial charge in [0.1, 0.15) is 5.75 Å². The van der Waals surface area contributed by atoms with E-state index in [1.807, 2.05) is 0 Å². The molecule has 2 fully saturated rings. The van der Waals surface area contributed by atoms with E-state index < -0.39 is 0 Å². The molecule has 1 aromatic rings. The highest BCUT2D eigenvalue weighted by Crippen LogP contribution is 2.40. The molecule has 1 unspecified atom stereocenters. The van der Waals surface area contributed by atoms with Crippen molar-refractivity contribution in [1.29, 1.82) is 0 Å². The summed E-state index contributed by atoms with van der Waals surface area (Å²) in [6.07, 6.45) is 2.54. The lowest BCUT2D eigenvalue weighted by molar-refractivity contribution is -0.0706. The summed E-state index contributed by atoms with van der Waals surface area (Å²) >= 11 is 0. The maximum absolute atomic E-state index is 5.55. The van der Waals surface area contributed by atoms with Crippen LogP contribution in [0.15, 0.2) is 18.2 Å². The first kappa shape index (κ1) is 12.9.